The molecule has 2 rings (SSSR count). The van der Waals surface area contributed by atoms with E-state index < -0.39 is 10.8 Å². The van der Waals surface area contributed by atoms with Crippen molar-refractivity contribution in [2.24, 2.45) is 0 Å². The van der Waals surface area contributed by atoms with E-state index in [0.717, 1.165) is 21.7 Å². The highest BCUT2D eigenvalue weighted by atomic mass is 32.2. The smallest absolute Gasteiger partial charge is 0.123 e. The number of aromatic hydroxyl groups is 1. The minimum atomic E-state index is -1.12. The third-order valence-electron chi connectivity index (χ3n) is 3.31. The van der Waals surface area contributed by atoms with Crippen LogP contribution in [0, 0.1) is 0 Å². The van der Waals surface area contributed by atoms with Gasteiger partial charge in [0.2, 0.25) is 0 Å². The fourth-order valence-corrected chi connectivity index (χ4v) is 4.00. The first-order valence-corrected chi connectivity index (χ1v) is 7.79. The minimum Gasteiger partial charge on any atom is -0.507 e. The van der Waals surface area contributed by atoms with Crippen LogP contribution in [0.25, 0.3) is 0 Å². The number of hydrogen-bond donors (Lipinski definition) is 1. The van der Waals surface area contributed by atoms with Gasteiger partial charge in [-0.3, -0.25) is 4.21 Å². The van der Waals surface area contributed by atoms with E-state index in [1.165, 1.54) is 0 Å². The molecule has 106 valence electrons. The van der Waals surface area contributed by atoms with Gasteiger partial charge in [-0.15, -0.1) is 19.7 Å². The van der Waals surface area contributed by atoms with Crippen molar-refractivity contribution in [2.45, 2.75) is 17.7 Å². The van der Waals surface area contributed by atoms with E-state index in [1.54, 1.807) is 18.2 Å². The van der Waals surface area contributed by atoms with E-state index in [0.29, 0.717) is 25.3 Å². The molecule has 1 N–H and O–H groups in total. The molecular formula is C16H19NO2S. The van der Waals surface area contributed by atoms with Crippen LogP contribution in [0.5, 0.6) is 5.75 Å². The van der Waals surface area contributed by atoms with Gasteiger partial charge in [-0.1, -0.05) is 18.2 Å². The molecule has 0 aromatic heterocycles. The molecule has 0 fully saturated rings. The Morgan fingerprint density at radius 2 is 1.95 bits per heavy atom. The number of phenols is 1. The molecule has 4 heteroatoms. The first-order chi connectivity index (χ1) is 9.63. The standard InChI is InChI=1S/C16H19NO2S/c1-4-7-12-10-14-16(13(8-5-2)15(12)18)20(19)11-17(14)9-6-3/h4-6,10,18H,1-3,7-9,11H2. The molecule has 0 radical (unpaired) electrons. The number of phenolic OH excluding ortho intramolecular Hbond substituents is 1. The fourth-order valence-electron chi connectivity index (χ4n) is 2.47. The fraction of sp³-hybridized carbons (Fsp3) is 0.250. The first kappa shape index (κ1) is 14.6. The summed E-state index contributed by atoms with van der Waals surface area (Å²) < 4.78 is 12.3. The van der Waals surface area contributed by atoms with Gasteiger partial charge >= 0.3 is 0 Å². The Balaban J connectivity index is 2.64. The van der Waals surface area contributed by atoms with E-state index in [2.05, 4.69) is 19.7 Å². The topological polar surface area (TPSA) is 40.5 Å². The lowest BCUT2D eigenvalue weighted by Crippen LogP contribution is -2.20. The highest BCUT2D eigenvalue weighted by Crippen LogP contribution is 2.41. The Morgan fingerprint density at radius 1 is 1.25 bits per heavy atom. The van der Waals surface area contributed by atoms with Gasteiger partial charge < -0.3 is 10.0 Å². The number of allylic oxidation sites excluding steroid dienone is 2. The Morgan fingerprint density at radius 3 is 2.55 bits per heavy atom. The van der Waals surface area contributed by atoms with Crippen LogP contribution in [-0.2, 0) is 23.6 Å². The van der Waals surface area contributed by atoms with Crippen LogP contribution in [0.1, 0.15) is 11.1 Å². The Bertz CT molecular complexity index is 593. The summed E-state index contributed by atoms with van der Waals surface area (Å²) in [7, 11) is -1.12. The summed E-state index contributed by atoms with van der Waals surface area (Å²) in [6.07, 6.45) is 6.35. The summed E-state index contributed by atoms with van der Waals surface area (Å²) in [5.74, 6) is 0.667. The molecule has 0 saturated heterocycles. The molecule has 3 nitrogen and oxygen atoms in total. The molecule has 1 aliphatic rings. The van der Waals surface area contributed by atoms with Crippen LogP contribution in [0.4, 0.5) is 5.69 Å². The summed E-state index contributed by atoms with van der Waals surface area (Å²) >= 11 is 0. The molecular weight excluding hydrogens is 270 g/mol. The van der Waals surface area contributed by atoms with Crippen molar-refractivity contribution in [1.82, 2.24) is 0 Å². The Hall–Kier alpha value is -1.81. The highest BCUT2D eigenvalue weighted by molar-refractivity contribution is 7.85. The largest absolute Gasteiger partial charge is 0.507 e. The van der Waals surface area contributed by atoms with Crippen molar-refractivity contribution >= 4 is 16.5 Å². The lowest BCUT2D eigenvalue weighted by molar-refractivity contribution is 0.462. The summed E-state index contributed by atoms with van der Waals surface area (Å²) in [5, 5.41) is 10.4. The summed E-state index contributed by atoms with van der Waals surface area (Å²) in [5.41, 5.74) is 2.46. The van der Waals surface area contributed by atoms with E-state index in [4.69, 9.17) is 0 Å². The second-order valence-corrected chi connectivity index (χ2v) is 6.04. The summed E-state index contributed by atoms with van der Waals surface area (Å²) in [6.45, 7) is 11.8. The Labute approximate surface area is 122 Å². The molecule has 1 aromatic rings. The molecule has 0 saturated carbocycles. The van der Waals surface area contributed by atoms with Crippen LogP contribution in [0.3, 0.4) is 0 Å². The summed E-state index contributed by atoms with van der Waals surface area (Å²) in [6, 6.07) is 1.91. The second kappa shape index (κ2) is 6.09. The van der Waals surface area contributed by atoms with Crippen LogP contribution in [0.2, 0.25) is 0 Å². The zero-order valence-electron chi connectivity index (χ0n) is 11.5. The van der Waals surface area contributed by atoms with Gasteiger partial charge in [-0.25, -0.2) is 0 Å². The molecule has 1 aromatic carbocycles. The number of fused-ring (bicyclic) bond motifs is 1. The maximum atomic E-state index is 12.3. The van der Waals surface area contributed by atoms with Crippen LogP contribution in [-0.4, -0.2) is 21.7 Å². The SMILES string of the molecule is C=CCc1cc2c(c(CC=C)c1O)S(=O)CN2CC=C. The maximum Gasteiger partial charge on any atom is 0.123 e. The normalized spacial score (nSPS) is 16.8. The number of rotatable bonds is 6. The van der Waals surface area contributed by atoms with Gasteiger partial charge in [0.1, 0.15) is 5.75 Å². The second-order valence-electron chi connectivity index (χ2n) is 4.68. The van der Waals surface area contributed by atoms with E-state index in [9.17, 15) is 9.32 Å². The van der Waals surface area contributed by atoms with Crippen LogP contribution >= 0.6 is 0 Å². The van der Waals surface area contributed by atoms with Gasteiger partial charge in [-0.05, 0) is 18.9 Å². The monoisotopic (exact) mass is 289 g/mol. The van der Waals surface area contributed by atoms with Crippen molar-refractivity contribution in [3.8, 4) is 5.75 Å². The van der Waals surface area contributed by atoms with Gasteiger partial charge in [0.25, 0.3) is 0 Å². The highest BCUT2D eigenvalue weighted by Gasteiger charge is 2.30. The van der Waals surface area contributed by atoms with Crippen molar-refractivity contribution in [1.29, 1.82) is 0 Å². The quantitative estimate of drug-likeness (QED) is 0.819. The number of hydrogen-bond acceptors (Lipinski definition) is 3. The molecule has 0 amide bonds. The molecule has 0 bridgehead atoms. The Kier molecular flexibility index (Phi) is 4.45. The molecule has 0 spiro atoms. The van der Waals surface area contributed by atoms with Gasteiger partial charge in [0, 0.05) is 17.7 Å². The van der Waals surface area contributed by atoms with E-state index in [-0.39, 0.29) is 5.75 Å². The molecule has 1 atom stereocenters. The van der Waals surface area contributed by atoms with Crippen molar-refractivity contribution < 1.29 is 9.32 Å². The van der Waals surface area contributed by atoms with Crippen molar-refractivity contribution in [3.05, 3.63) is 55.2 Å². The zero-order chi connectivity index (χ0) is 14.7. The lowest BCUT2D eigenvalue weighted by atomic mass is 10.0. The van der Waals surface area contributed by atoms with Gasteiger partial charge in [0.05, 0.1) is 27.3 Å². The third kappa shape index (κ3) is 2.43. The summed E-state index contributed by atoms with van der Waals surface area (Å²) in [4.78, 5) is 2.76. The molecule has 1 heterocycles. The maximum absolute atomic E-state index is 12.3. The van der Waals surface area contributed by atoms with Gasteiger partial charge in [-0.2, -0.15) is 0 Å². The van der Waals surface area contributed by atoms with E-state index in [1.807, 2.05) is 11.0 Å². The molecule has 1 aliphatic heterocycles. The van der Waals surface area contributed by atoms with Gasteiger partial charge in [0.15, 0.2) is 0 Å². The molecule has 1 unspecified atom stereocenters. The van der Waals surface area contributed by atoms with Crippen LogP contribution < -0.4 is 4.90 Å². The minimum absolute atomic E-state index is 0.220. The van der Waals surface area contributed by atoms with E-state index >= 15 is 0 Å². The lowest BCUT2D eigenvalue weighted by Gasteiger charge is -2.18. The van der Waals surface area contributed by atoms with Crippen molar-refractivity contribution in [3.63, 3.8) is 0 Å². The molecule has 0 aliphatic carbocycles. The predicted molar refractivity (Wildman–Crippen MR) is 84.7 cm³/mol. The average molecular weight is 289 g/mol. The number of benzene rings is 1. The predicted octanol–water partition coefficient (Wildman–Crippen LogP) is 2.92. The average Bonchev–Trinajstić information content (AvgIpc) is 2.72. The number of anilines is 1. The molecule has 20 heavy (non-hydrogen) atoms. The first-order valence-electron chi connectivity index (χ1n) is 6.47. The van der Waals surface area contributed by atoms with Crippen molar-refractivity contribution in [2.75, 3.05) is 17.3 Å². The third-order valence-corrected chi connectivity index (χ3v) is 4.77. The zero-order valence-corrected chi connectivity index (χ0v) is 12.3. The number of nitrogens with zero attached hydrogens (tertiary/aromatic N) is 1. The van der Waals surface area contributed by atoms with Crippen LogP contribution in [0.15, 0.2) is 48.9 Å².